The Morgan fingerprint density at radius 1 is 1.39 bits per heavy atom. The van der Waals surface area contributed by atoms with Crippen LogP contribution < -0.4 is 5.73 Å². The third-order valence-corrected chi connectivity index (χ3v) is 4.87. The Labute approximate surface area is 118 Å². The van der Waals surface area contributed by atoms with Crippen LogP contribution >= 0.6 is 35.1 Å². The van der Waals surface area contributed by atoms with Crippen molar-refractivity contribution in [2.75, 3.05) is 6.26 Å². The summed E-state index contributed by atoms with van der Waals surface area (Å²) in [5, 5.41) is 7.71. The number of benzene rings is 1. The average Bonchev–Trinajstić information content (AvgIpc) is 2.74. The standard InChI is InChI=1S/C11H12N4S3/c1-6-14-11(18-15-6)17-8-5-3-4-7(16-2)9(8)10(12)13/h3-5H,1-2H3,(H3,12,13). The Morgan fingerprint density at radius 3 is 2.67 bits per heavy atom. The highest BCUT2D eigenvalue weighted by atomic mass is 32.2. The second-order valence-corrected chi connectivity index (χ2v) is 6.35. The van der Waals surface area contributed by atoms with Gasteiger partial charge in [0.1, 0.15) is 11.7 Å². The number of aromatic nitrogens is 2. The molecule has 2 aromatic rings. The molecule has 0 bridgehead atoms. The van der Waals surface area contributed by atoms with Crippen LogP contribution in [0.3, 0.4) is 0 Å². The molecule has 18 heavy (non-hydrogen) atoms. The zero-order valence-electron chi connectivity index (χ0n) is 9.93. The molecule has 1 aromatic heterocycles. The lowest BCUT2D eigenvalue weighted by Crippen LogP contribution is -2.13. The molecule has 0 spiro atoms. The molecule has 0 saturated heterocycles. The molecule has 1 aromatic carbocycles. The van der Waals surface area contributed by atoms with E-state index < -0.39 is 0 Å². The molecule has 0 aliphatic carbocycles. The SMILES string of the molecule is CSc1cccc(Sc2nc(C)ns2)c1C(=N)N. The molecule has 4 nitrogen and oxygen atoms in total. The lowest BCUT2D eigenvalue weighted by molar-refractivity contribution is 1.10. The summed E-state index contributed by atoms with van der Waals surface area (Å²) in [5.41, 5.74) is 6.45. The molecule has 1 heterocycles. The van der Waals surface area contributed by atoms with Crippen molar-refractivity contribution >= 4 is 40.9 Å². The van der Waals surface area contributed by atoms with Crippen LogP contribution in [0.25, 0.3) is 0 Å². The maximum absolute atomic E-state index is 7.71. The molecule has 0 aliphatic rings. The van der Waals surface area contributed by atoms with Crippen molar-refractivity contribution in [2.45, 2.75) is 21.1 Å². The minimum Gasteiger partial charge on any atom is -0.384 e. The molecule has 0 atom stereocenters. The molecule has 0 radical (unpaired) electrons. The fourth-order valence-electron chi connectivity index (χ4n) is 1.45. The van der Waals surface area contributed by atoms with Crippen molar-refractivity contribution in [1.29, 1.82) is 5.41 Å². The fraction of sp³-hybridized carbons (Fsp3) is 0.182. The summed E-state index contributed by atoms with van der Waals surface area (Å²) in [6.45, 7) is 1.87. The van der Waals surface area contributed by atoms with E-state index in [0.717, 1.165) is 25.5 Å². The lowest BCUT2D eigenvalue weighted by atomic mass is 10.2. The Morgan fingerprint density at radius 2 is 2.11 bits per heavy atom. The van der Waals surface area contributed by atoms with Gasteiger partial charge in [0.25, 0.3) is 0 Å². The van der Waals surface area contributed by atoms with Gasteiger partial charge in [-0.15, -0.1) is 11.8 Å². The monoisotopic (exact) mass is 296 g/mol. The molecule has 0 amide bonds. The number of nitrogens with zero attached hydrogens (tertiary/aromatic N) is 2. The van der Waals surface area contributed by atoms with E-state index in [1.54, 1.807) is 11.8 Å². The number of thioether (sulfide) groups is 1. The van der Waals surface area contributed by atoms with Crippen LogP contribution in [0.4, 0.5) is 0 Å². The van der Waals surface area contributed by atoms with E-state index in [1.165, 1.54) is 23.3 Å². The Bertz CT molecular complexity index is 579. The number of amidine groups is 1. The van der Waals surface area contributed by atoms with Gasteiger partial charge in [-0.05, 0) is 36.8 Å². The summed E-state index contributed by atoms with van der Waals surface area (Å²) < 4.78 is 5.02. The highest BCUT2D eigenvalue weighted by molar-refractivity contribution is 8.01. The summed E-state index contributed by atoms with van der Waals surface area (Å²) in [5.74, 6) is 0.858. The second kappa shape index (κ2) is 5.73. The van der Waals surface area contributed by atoms with E-state index in [-0.39, 0.29) is 5.84 Å². The van der Waals surface area contributed by atoms with Crippen LogP contribution in [0.15, 0.2) is 32.3 Å². The molecule has 7 heteroatoms. The topological polar surface area (TPSA) is 75.7 Å². The lowest BCUT2D eigenvalue weighted by Gasteiger charge is -2.10. The number of nitrogens with one attached hydrogen (secondary N) is 1. The highest BCUT2D eigenvalue weighted by Gasteiger charge is 2.13. The van der Waals surface area contributed by atoms with Crippen LogP contribution in [0.2, 0.25) is 0 Å². The summed E-state index contributed by atoms with van der Waals surface area (Å²) in [6.07, 6.45) is 1.98. The van der Waals surface area contributed by atoms with Gasteiger partial charge >= 0.3 is 0 Å². The zero-order chi connectivity index (χ0) is 13.1. The maximum atomic E-state index is 7.71. The number of nitrogens with two attached hydrogens (primary N) is 1. The summed E-state index contributed by atoms with van der Waals surface area (Å²) in [7, 11) is 0. The van der Waals surface area contributed by atoms with Crippen LogP contribution in [-0.2, 0) is 0 Å². The van der Waals surface area contributed by atoms with Gasteiger partial charge in [-0.25, -0.2) is 4.98 Å². The van der Waals surface area contributed by atoms with Crippen LogP contribution in [0.1, 0.15) is 11.4 Å². The Hall–Kier alpha value is -1.05. The summed E-state index contributed by atoms with van der Waals surface area (Å²) in [4.78, 5) is 6.27. The predicted octanol–water partition coefficient (Wildman–Crippen LogP) is 3.00. The van der Waals surface area contributed by atoms with Crippen molar-refractivity contribution < 1.29 is 0 Å². The van der Waals surface area contributed by atoms with Crippen LogP contribution in [-0.4, -0.2) is 21.4 Å². The third kappa shape index (κ3) is 2.85. The molecule has 0 unspecified atom stereocenters. The summed E-state index contributed by atoms with van der Waals surface area (Å²) >= 11 is 4.45. The second-order valence-electron chi connectivity index (χ2n) is 3.46. The number of nitrogen functional groups attached to an aromatic ring is 1. The minimum atomic E-state index is 0.0867. The van der Waals surface area contributed by atoms with E-state index in [4.69, 9.17) is 11.1 Å². The molecule has 3 N–H and O–H groups in total. The normalized spacial score (nSPS) is 10.6. The predicted molar refractivity (Wildman–Crippen MR) is 78.0 cm³/mol. The quantitative estimate of drug-likeness (QED) is 0.515. The first-order chi connectivity index (χ1) is 8.61. The van der Waals surface area contributed by atoms with Crippen LogP contribution in [0, 0.1) is 12.3 Å². The molecule has 0 saturated carbocycles. The smallest absolute Gasteiger partial charge is 0.174 e. The van der Waals surface area contributed by atoms with E-state index >= 15 is 0 Å². The first kappa shape index (κ1) is 13.4. The van der Waals surface area contributed by atoms with E-state index in [2.05, 4.69) is 9.36 Å². The van der Waals surface area contributed by atoms with E-state index in [1.807, 2.05) is 31.4 Å². The van der Waals surface area contributed by atoms with E-state index in [0.29, 0.717) is 0 Å². The first-order valence-corrected chi connectivity index (χ1v) is 7.93. The van der Waals surface area contributed by atoms with E-state index in [9.17, 15) is 0 Å². The molecule has 2 rings (SSSR count). The van der Waals surface area contributed by atoms with Gasteiger partial charge in [-0.1, -0.05) is 17.8 Å². The van der Waals surface area contributed by atoms with Gasteiger partial charge in [0.05, 0.1) is 0 Å². The van der Waals surface area contributed by atoms with Gasteiger partial charge in [-0.2, -0.15) is 4.37 Å². The Balaban J connectivity index is 2.41. The van der Waals surface area contributed by atoms with Crippen molar-refractivity contribution in [3.63, 3.8) is 0 Å². The highest BCUT2D eigenvalue weighted by Crippen LogP contribution is 2.35. The molecule has 0 aliphatic heterocycles. The number of hydrogen-bond acceptors (Lipinski definition) is 6. The van der Waals surface area contributed by atoms with Crippen molar-refractivity contribution in [3.05, 3.63) is 29.6 Å². The number of hydrogen-bond donors (Lipinski definition) is 2. The zero-order valence-corrected chi connectivity index (χ0v) is 12.4. The minimum absolute atomic E-state index is 0.0867. The van der Waals surface area contributed by atoms with Crippen molar-refractivity contribution in [1.82, 2.24) is 9.36 Å². The third-order valence-electron chi connectivity index (χ3n) is 2.18. The van der Waals surface area contributed by atoms with Crippen molar-refractivity contribution in [3.8, 4) is 0 Å². The average molecular weight is 296 g/mol. The van der Waals surface area contributed by atoms with Crippen molar-refractivity contribution in [2.24, 2.45) is 5.73 Å². The van der Waals surface area contributed by atoms with Gasteiger partial charge in [0, 0.05) is 15.4 Å². The van der Waals surface area contributed by atoms with Gasteiger partial charge in [0.15, 0.2) is 4.34 Å². The molecular formula is C11H12N4S3. The molecule has 94 valence electrons. The molecular weight excluding hydrogens is 284 g/mol. The van der Waals surface area contributed by atoms with Gasteiger partial charge in [-0.3, -0.25) is 5.41 Å². The maximum Gasteiger partial charge on any atom is 0.174 e. The van der Waals surface area contributed by atoms with Gasteiger partial charge < -0.3 is 5.73 Å². The number of rotatable bonds is 4. The Kier molecular flexibility index (Phi) is 4.26. The summed E-state index contributed by atoms with van der Waals surface area (Å²) in [6, 6.07) is 5.89. The number of aryl methyl sites for hydroxylation is 1. The van der Waals surface area contributed by atoms with Crippen LogP contribution in [0.5, 0.6) is 0 Å². The largest absolute Gasteiger partial charge is 0.384 e. The first-order valence-electron chi connectivity index (χ1n) is 5.11. The van der Waals surface area contributed by atoms with Gasteiger partial charge in [0.2, 0.25) is 0 Å². The molecule has 0 fully saturated rings. The fourth-order valence-corrected chi connectivity index (χ4v) is 3.94.